The molecule has 0 aliphatic heterocycles. The van der Waals surface area contributed by atoms with E-state index in [0.29, 0.717) is 0 Å². The summed E-state index contributed by atoms with van der Waals surface area (Å²) >= 11 is 0. The number of nitrogens with zero attached hydrogens (tertiary/aromatic N) is 2. The minimum Gasteiger partial charge on any atom is -0.369 e. The first-order valence-electron chi connectivity index (χ1n) is 5.68. The van der Waals surface area contributed by atoms with E-state index in [1.165, 1.54) is 11.1 Å². The Balaban J connectivity index is 2.98. The third kappa shape index (κ3) is 2.75. The van der Waals surface area contributed by atoms with E-state index in [-0.39, 0.29) is 0 Å². The maximum atomic E-state index is 4.42. The number of hydrogen-bond acceptors (Lipinski definition) is 2. The van der Waals surface area contributed by atoms with E-state index >= 15 is 0 Å². The van der Waals surface area contributed by atoms with Crippen LogP contribution in [-0.4, -0.2) is 16.3 Å². The van der Waals surface area contributed by atoms with Crippen LogP contribution in [0.1, 0.15) is 32.9 Å². The third-order valence-corrected chi connectivity index (χ3v) is 2.72. The topological polar surface area (TPSA) is 29.9 Å². The molecule has 0 saturated heterocycles. The van der Waals surface area contributed by atoms with Crippen molar-refractivity contribution in [2.45, 2.75) is 27.2 Å². The van der Waals surface area contributed by atoms with Crippen LogP contribution in [0.25, 0.3) is 5.57 Å². The van der Waals surface area contributed by atoms with E-state index in [0.717, 1.165) is 24.5 Å². The molecule has 0 bridgehead atoms. The molecule has 0 atom stereocenters. The molecule has 1 aromatic rings. The van der Waals surface area contributed by atoms with Gasteiger partial charge in [-0.05, 0) is 31.4 Å². The number of rotatable bonds is 5. The maximum Gasteiger partial charge on any atom is 0.148 e. The zero-order valence-electron chi connectivity index (χ0n) is 10.7. The van der Waals surface area contributed by atoms with E-state index in [2.05, 4.69) is 43.8 Å². The Morgan fingerprint density at radius 1 is 1.56 bits per heavy atom. The molecule has 0 fully saturated rings. The minimum atomic E-state index is 0.940. The fourth-order valence-corrected chi connectivity index (χ4v) is 1.51. The molecule has 0 unspecified atom stereocenters. The Bertz CT molecular complexity index is 399. The molecule has 0 aliphatic rings. The molecule has 16 heavy (non-hydrogen) atoms. The lowest BCUT2D eigenvalue weighted by Gasteiger charge is -2.03. The van der Waals surface area contributed by atoms with Gasteiger partial charge in [0.1, 0.15) is 5.82 Å². The van der Waals surface area contributed by atoms with Gasteiger partial charge in [-0.3, -0.25) is 4.68 Å². The smallest absolute Gasteiger partial charge is 0.148 e. The molecule has 0 radical (unpaired) electrons. The van der Waals surface area contributed by atoms with E-state index in [1.54, 1.807) is 0 Å². The number of aryl methyl sites for hydroxylation is 1. The summed E-state index contributed by atoms with van der Waals surface area (Å²) in [5.41, 5.74) is 3.54. The first kappa shape index (κ1) is 12.6. The number of allylic oxidation sites excluding steroid dienone is 3. The third-order valence-electron chi connectivity index (χ3n) is 2.72. The molecule has 0 aliphatic carbocycles. The van der Waals surface area contributed by atoms with Crippen molar-refractivity contribution in [3.63, 3.8) is 0 Å². The first-order valence-corrected chi connectivity index (χ1v) is 5.68. The summed E-state index contributed by atoms with van der Waals surface area (Å²) in [5.74, 6) is 0.940. The van der Waals surface area contributed by atoms with Gasteiger partial charge in [0.05, 0.1) is 5.69 Å². The minimum absolute atomic E-state index is 0.940. The van der Waals surface area contributed by atoms with E-state index in [4.69, 9.17) is 0 Å². The summed E-state index contributed by atoms with van der Waals surface area (Å²) in [4.78, 5) is 0. The second-order valence-corrected chi connectivity index (χ2v) is 3.98. The van der Waals surface area contributed by atoms with Crippen molar-refractivity contribution in [1.29, 1.82) is 0 Å². The van der Waals surface area contributed by atoms with Crippen LogP contribution in [-0.2, 0) is 7.05 Å². The highest BCUT2D eigenvalue weighted by Gasteiger charge is 2.07. The van der Waals surface area contributed by atoms with Crippen LogP contribution in [0.3, 0.4) is 0 Å². The Hall–Kier alpha value is -1.51. The quantitative estimate of drug-likeness (QED) is 0.771. The van der Waals surface area contributed by atoms with Crippen molar-refractivity contribution in [3.05, 3.63) is 30.0 Å². The fraction of sp³-hybridized carbons (Fsp3) is 0.462. The molecular weight excluding hydrogens is 198 g/mol. The Morgan fingerprint density at radius 3 is 2.81 bits per heavy atom. The average molecular weight is 219 g/mol. The van der Waals surface area contributed by atoms with Crippen LogP contribution >= 0.6 is 0 Å². The highest BCUT2D eigenvalue weighted by Crippen LogP contribution is 2.20. The lowest BCUT2D eigenvalue weighted by molar-refractivity contribution is 0.755. The molecule has 1 aromatic heterocycles. The van der Waals surface area contributed by atoms with Crippen LogP contribution in [0, 0.1) is 0 Å². The van der Waals surface area contributed by atoms with Crippen molar-refractivity contribution >= 4 is 11.4 Å². The maximum absolute atomic E-state index is 4.42. The molecule has 3 nitrogen and oxygen atoms in total. The molecule has 1 N–H and O–H groups in total. The van der Waals surface area contributed by atoms with Crippen molar-refractivity contribution in [2.24, 2.45) is 7.05 Å². The van der Waals surface area contributed by atoms with Gasteiger partial charge in [0, 0.05) is 19.7 Å². The Labute approximate surface area is 97.9 Å². The lowest BCUT2D eigenvalue weighted by atomic mass is 10.1. The summed E-state index contributed by atoms with van der Waals surface area (Å²) in [6.45, 7) is 11.0. The highest BCUT2D eigenvalue weighted by atomic mass is 15.3. The summed E-state index contributed by atoms with van der Waals surface area (Å²) < 4.78 is 1.90. The number of nitrogens with one attached hydrogen (secondary N) is 1. The van der Waals surface area contributed by atoms with Gasteiger partial charge in [-0.15, -0.1) is 0 Å². The molecule has 3 heteroatoms. The van der Waals surface area contributed by atoms with Crippen LogP contribution in [0.4, 0.5) is 5.82 Å². The summed E-state index contributed by atoms with van der Waals surface area (Å²) in [6, 6.07) is 2.08. The van der Waals surface area contributed by atoms with Crippen molar-refractivity contribution in [3.8, 4) is 0 Å². The first-order chi connectivity index (χ1) is 7.60. The zero-order valence-corrected chi connectivity index (χ0v) is 10.7. The lowest BCUT2D eigenvalue weighted by Crippen LogP contribution is -2.01. The monoisotopic (exact) mass is 219 g/mol. The molecule has 1 rings (SSSR count). The van der Waals surface area contributed by atoms with E-state index in [9.17, 15) is 0 Å². The molecule has 0 saturated carbocycles. The summed E-state index contributed by atoms with van der Waals surface area (Å²) in [6.07, 6.45) is 2.98. The predicted octanol–water partition coefficient (Wildman–Crippen LogP) is 3.22. The molecule has 0 spiro atoms. The van der Waals surface area contributed by atoms with Crippen molar-refractivity contribution < 1.29 is 0 Å². The van der Waals surface area contributed by atoms with Crippen LogP contribution < -0.4 is 5.32 Å². The zero-order chi connectivity index (χ0) is 12.1. The van der Waals surface area contributed by atoms with Crippen LogP contribution in [0.2, 0.25) is 0 Å². The normalized spacial score (nSPS) is 12.2. The largest absolute Gasteiger partial charge is 0.369 e. The van der Waals surface area contributed by atoms with Gasteiger partial charge in [-0.2, -0.15) is 5.10 Å². The second kappa shape index (κ2) is 5.54. The van der Waals surface area contributed by atoms with E-state index in [1.807, 2.05) is 17.8 Å². The molecule has 1 heterocycles. The Morgan fingerprint density at radius 2 is 2.25 bits per heavy atom. The van der Waals surface area contributed by atoms with Crippen LogP contribution in [0.15, 0.2) is 24.3 Å². The van der Waals surface area contributed by atoms with Gasteiger partial charge < -0.3 is 5.32 Å². The van der Waals surface area contributed by atoms with Gasteiger partial charge >= 0.3 is 0 Å². The number of aromatic nitrogens is 2. The number of hydrogen-bond donors (Lipinski definition) is 1. The standard InChI is InChI=1S/C13H21N3/c1-6-8-14-13-9-12(16(5)15-13)11(4)10(3)7-2/h7,9H,2,6,8H2,1,3-5H3,(H,14,15). The van der Waals surface area contributed by atoms with Crippen molar-refractivity contribution in [1.82, 2.24) is 9.78 Å². The molecular formula is C13H21N3. The summed E-state index contributed by atoms with van der Waals surface area (Å²) in [7, 11) is 1.96. The summed E-state index contributed by atoms with van der Waals surface area (Å²) in [5, 5.41) is 7.71. The van der Waals surface area contributed by atoms with Crippen molar-refractivity contribution in [2.75, 3.05) is 11.9 Å². The van der Waals surface area contributed by atoms with Gasteiger partial charge in [0.15, 0.2) is 0 Å². The van der Waals surface area contributed by atoms with Gasteiger partial charge in [-0.25, -0.2) is 0 Å². The number of anilines is 1. The predicted molar refractivity (Wildman–Crippen MR) is 70.5 cm³/mol. The molecule has 0 amide bonds. The SMILES string of the molecule is C=CC(C)=C(C)c1cc(NCCC)nn1C. The second-order valence-electron chi connectivity index (χ2n) is 3.98. The highest BCUT2D eigenvalue weighted by molar-refractivity contribution is 5.68. The van der Waals surface area contributed by atoms with Gasteiger partial charge in [0.25, 0.3) is 0 Å². The molecule has 0 aromatic carbocycles. The van der Waals surface area contributed by atoms with Gasteiger partial charge in [0.2, 0.25) is 0 Å². The molecule has 88 valence electrons. The van der Waals surface area contributed by atoms with E-state index < -0.39 is 0 Å². The Kier molecular flexibility index (Phi) is 4.35. The average Bonchev–Trinajstić information content (AvgIpc) is 2.65. The van der Waals surface area contributed by atoms with Crippen LogP contribution in [0.5, 0.6) is 0 Å². The fourth-order valence-electron chi connectivity index (χ4n) is 1.51. The van der Waals surface area contributed by atoms with Gasteiger partial charge in [-0.1, -0.05) is 19.6 Å².